The molecule has 0 bridgehead atoms. The summed E-state index contributed by atoms with van der Waals surface area (Å²) in [5, 5.41) is 0. The lowest BCUT2D eigenvalue weighted by Gasteiger charge is -2.07. The Balaban J connectivity index is 2.25. The maximum absolute atomic E-state index is 11.7. The molecule has 128 valence electrons. The monoisotopic (exact) mass is 340 g/mol. The lowest BCUT2D eigenvalue weighted by Crippen LogP contribution is -2.06. The van der Waals surface area contributed by atoms with Gasteiger partial charge in [-0.2, -0.15) is 0 Å². The van der Waals surface area contributed by atoms with Gasteiger partial charge in [-0.1, -0.05) is 18.7 Å². The molecular formula is C19H16O6. The van der Waals surface area contributed by atoms with Gasteiger partial charge in [0.05, 0.1) is 23.8 Å². The molecule has 0 atom stereocenters. The molecular weight excluding hydrogens is 324 g/mol. The van der Waals surface area contributed by atoms with E-state index < -0.39 is 17.9 Å². The minimum Gasteiger partial charge on any atom is -0.465 e. The molecule has 0 radical (unpaired) electrons. The number of rotatable bonds is 5. The second-order valence-electron chi connectivity index (χ2n) is 5.30. The van der Waals surface area contributed by atoms with Gasteiger partial charge in [0.15, 0.2) is 6.29 Å². The minimum atomic E-state index is -0.714. The summed E-state index contributed by atoms with van der Waals surface area (Å²) in [6.45, 7) is 5.50. The summed E-state index contributed by atoms with van der Waals surface area (Å²) in [4.78, 5) is 46.0. The van der Waals surface area contributed by atoms with Crippen molar-refractivity contribution >= 4 is 24.2 Å². The summed E-state index contributed by atoms with van der Waals surface area (Å²) in [6.07, 6.45) is 3.88. The van der Waals surface area contributed by atoms with Gasteiger partial charge >= 0.3 is 17.9 Å². The topological polar surface area (TPSA) is 86.7 Å². The van der Waals surface area contributed by atoms with Crippen LogP contribution in [0.15, 0.2) is 53.6 Å². The molecule has 0 saturated carbocycles. The fourth-order valence-corrected chi connectivity index (χ4v) is 2.46. The van der Waals surface area contributed by atoms with Crippen LogP contribution in [0.4, 0.5) is 0 Å². The largest absolute Gasteiger partial charge is 0.465 e. The SMILES string of the molecule is C=C(/C=C1/C(=O)OC(=O)/C1=C/C)Cc1ccc(C(=O)OC)c(C=O)c1. The Morgan fingerprint density at radius 3 is 2.52 bits per heavy atom. The second kappa shape index (κ2) is 7.53. The predicted octanol–water partition coefficient (Wildman–Crippen LogP) is 2.34. The summed E-state index contributed by atoms with van der Waals surface area (Å²) >= 11 is 0. The van der Waals surface area contributed by atoms with E-state index in [1.165, 1.54) is 25.3 Å². The normalized spacial score (nSPS) is 16.9. The average Bonchev–Trinajstić information content (AvgIpc) is 2.86. The maximum Gasteiger partial charge on any atom is 0.346 e. The molecule has 1 heterocycles. The van der Waals surface area contributed by atoms with Crippen LogP contribution in [-0.4, -0.2) is 31.3 Å². The third kappa shape index (κ3) is 3.80. The first-order valence-electron chi connectivity index (χ1n) is 7.40. The van der Waals surface area contributed by atoms with Crippen molar-refractivity contribution in [2.45, 2.75) is 13.3 Å². The number of hydrogen-bond donors (Lipinski definition) is 0. The molecule has 0 amide bonds. The van der Waals surface area contributed by atoms with Crippen LogP contribution in [-0.2, 0) is 25.5 Å². The van der Waals surface area contributed by atoms with Gasteiger partial charge in [0.25, 0.3) is 0 Å². The summed E-state index contributed by atoms with van der Waals surface area (Å²) in [7, 11) is 1.24. The first-order chi connectivity index (χ1) is 11.9. The highest BCUT2D eigenvalue weighted by Gasteiger charge is 2.32. The minimum absolute atomic E-state index is 0.152. The van der Waals surface area contributed by atoms with Gasteiger partial charge in [-0.15, -0.1) is 0 Å². The van der Waals surface area contributed by atoms with E-state index >= 15 is 0 Å². The van der Waals surface area contributed by atoms with E-state index in [0.29, 0.717) is 18.3 Å². The molecule has 1 aliphatic heterocycles. The molecule has 6 heteroatoms. The second-order valence-corrected chi connectivity index (χ2v) is 5.30. The van der Waals surface area contributed by atoms with Crippen molar-refractivity contribution in [2.75, 3.05) is 7.11 Å². The van der Waals surface area contributed by atoms with Crippen LogP contribution in [0, 0.1) is 0 Å². The van der Waals surface area contributed by atoms with Crippen LogP contribution >= 0.6 is 0 Å². The number of carbonyl (C=O) groups is 4. The number of esters is 3. The lowest BCUT2D eigenvalue weighted by atomic mass is 9.98. The number of allylic oxidation sites excluding steroid dienone is 3. The summed E-state index contributed by atoms with van der Waals surface area (Å²) in [6, 6.07) is 4.71. The number of cyclic esters (lactones) is 2. The van der Waals surface area contributed by atoms with Gasteiger partial charge in [0, 0.05) is 5.56 Å². The van der Waals surface area contributed by atoms with E-state index in [2.05, 4.69) is 16.1 Å². The maximum atomic E-state index is 11.7. The third-order valence-corrected chi connectivity index (χ3v) is 3.63. The first kappa shape index (κ1) is 18.1. The molecule has 0 aromatic heterocycles. The Kier molecular flexibility index (Phi) is 5.44. The molecule has 1 saturated heterocycles. The zero-order chi connectivity index (χ0) is 18.6. The molecule has 1 fully saturated rings. The van der Waals surface area contributed by atoms with Crippen molar-refractivity contribution in [3.8, 4) is 0 Å². The smallest absolute Gasteiger partial charge is 0.346 e. The van der Waals surface area contributed by atoms with Crippen LogP contribution in [0.2, 0.25) is 0 Å². The summed E-state index contributed by atoms with van der Waals surface area (Å²) in [5.74, 6) is -1.99. The fraction of sp³-hybridized carbons (Fsp3) is 0.158. The van der Waals surface area contributed by atoms with Crippen LogP contribution in [0.3, 0.4) is 0 Å². The van der Waals surface area contributed by atoms with Crippen molar-refractivity contribution in [1.29, 1.82) is 0 Å². The molecule has 25 heavy (non-hydrogen) atoms. The van der Waals surface area contributed by atoms with Gasteiger partial charge in [-0.05, 0) is 42.7 Å². The Morgan fingerprint density at radius 1 is 1.24 bits per heavy atom. The summed E-state index contributed by atoms with van der Waals surface area (Å²) < 4.78 is 9.19. The molecule has 1 aromatic rings. The number of hydrogen-bond acceptors (Lipinski definition) is 6. The van der Waals surface area contributed by atoms with E-state index in [-0.39, 0.29) is 22.3 Å². The molecule has 1 aliphatic rings. The van der Waals surface area contributed by atoms with E-state index in [1.54, 1.807) is 19.1 Å². The summed E-state index contributed by atoms with van der Waals surface area (Å²) in [5.41, 5.74) is 1.99. The third-order valence-electron chi connectivity index (χ3n) is 3.63. The quantitative estimate of drug-likeness (QED) is 0.354. The van der Waals surface area contributed by atoms with E-state index in [0.717, 1.165) is 5.56 Å². The highest BCUT2D eigenvalue weighted by atomic mass is 16.6. The molecule has 1 aromatic carbocycles. The van der Waals surface area contributed by atoms with Crippen LogP contribution < -0.4 is 0 Å². The Labute approximate surface area is 144 Å². The highest BCUT2D eigenvalue weighted by molar-refractivity contribution is 6.18. The Morgan fingerprint density at radius 2 is 1.92 bits per heavy atom. The fourth-order valence-electron chi connectivity index (χ4n) is 2.46. The van der Waals surface area contributed by atoms with Gasteiger partial charge in [-0.3, -0.25) is 4.79 Å². The molecule has 0 aliphatic carbocycles. The first-order valence-corrected chi connectivity index (χ1v) is 7.40. The van der Waals surface area contributed by atoms with Gasteiger partial charge < -0.3 is 9.47 Å². The van der Waals surface area contributed by atoms with Crippen LogP contribution in [0.25, 0.3) is 0 Å². The molecule has 0 N–H and O–H groups in total. The van der Waals surface area contributed by atoms with E-state index in [9.17, 15) is 19.2 Å². The molecule has 0 spiro atoms. The van der Waals surface area contributed by atoms with Crippen molar-refractivity contribution in [3.63, 3.8) is 0 Å². The van der Waals surface area contributed by atoms with Crippen LogP contribution in [0.1, 0.15) is 33.2 Å². The van der Waals surface area contributed by atoms with Gasteiger partial charge in [0.2, 0.25) is 0 Å². The highest BCUT2D eigenvalue weighted by Crippen LogP contribution is 2.24. The molecule has 2 rings (SSSR count). The number of aldehydes is 1. The molecule has 6 nitrogen and oxygen atoms in total. The van der Waals surface area contributed by atoms with Gasteiger partial charge in [-0.25, -0.2) is 14.4 Å². The number of methoxy groups -OCH3 is 1. The lowest BCUT2D eigenvalue weighted by molar-refractivity contribution is -0.149. The zero-order valence-corrected chi connectivity index (χ0v) is 13.8. The van der Waals surface area contributed by atoms with Crippen molar-refractivity contribution < 1.29 is 28.7 Å². The van der Waals surface area contributed by atoms with Crippen molar-refractivity contribution in [3.05, 3.63) is 70.3 Å². The van der Waals surface area contributed by atoms with E-state index in [4.69, 9.17) is 0 Å². The predicted molar refractivity (Wildman–Crippen MR) is 89.0 cm³/mol. The number of carbonyl (C=O) groups excluding carboxylic acids is 4. The van der Waals surface area contributed by atoms with Crippen molar-refractivity contribution in [2.24, 2.45) is 0 Å². The molecule has 0 unspecified atom stereocenters. The standard InChI is InChI=1S/C19H16O6/c1-4-14-16(19(23)25-18(14)22)8-11(2)7-12-5-6-15(17(21)24-3)13(9-12)10-20/h4-6,8-10H,2,7H2,1,3H3/b14-4+,16-8+. The number of benzene rings is 1. The Bertz CT molecular complexity index is 841. The van der Waals surface area contributed by atoms with Crippen molar-refractivity contribution in [1.82, 2.24) is 0 Å². The van der Waals surface area contributed by atoms with Gasteiger partial charge in [0.1, 0.15) is 0 Å². The zero-order valence-electron chi connectivity index (χ0n) is 13.8. The average molecular weight is 340 g/mol. The number of ether oxygens (including phenoxy) is 2. The Hall–Kier alpha value is -3.28. The van der Waals surface area contributed by atoms with Crippen LogP contribution in [0.5, 0.6) is 0 Å². The van der Waals surface area contributed by atoms with E-state index in [1.807, 2.05) is 0 Å².